The van der Waals surface area contributed by atoms with Crippen LogP contribution in [0.5, 0.6) is 0 Å². The van der Waals surface area contributed by atoms with Crippen molar-refractivity contribution < 1.29 is 23.1 Å². The van der Waals surface area contributed by atoms with Gasteiger partial charge in [0, 0.05) is 11.6 Å². The second-order valence-electron chi connectivity index (χ2n) is 4.91. The Morgan fingerprint density at radius 2 is 2.00 bits per heavy atom. The van der Waals surface area contributed by atoms with E-state index in [1.165, 1.54) is 13.8 Å². The van der Waals surface area contributed by atoms with Gasteiger partial charge in [0.2, 0.25) is 5.91 Å². The molecule has 0 aliphatic heterocycles. The molecule has 106 valence electrons. The number of hydrogen-bond acceptors (Lipinski definition) is 3. The number of aliphatic hydroxyl groups is 1. The summed E-state index contributed by atoms with van der Waals surface area (Å²) < 4.78 is 37.8. The Labute approximate surface area is 108 Å². The first-order chi connectivity index (χ1) is 8.58. The SMILES string of the molecule is CC(C)(Cc1cc(C(F)(F)F)cnc1CO)C(N)=O. The maximum atomic E-state index is 12.6. The van der Waals surface area contributed by atoms with Crippen LogP contribution in [0.2, 0.25) is 0 Å². The van der Waals surface area contributed by atoms with Crippen LogP contribution in [0, 0.1) is 5.41 Å². The molecule has 7 heteroatoms. The largest absolute Gasteiger partial charge is 0.417 e. The molecule has 0 atom stereocenters. The minimum atomic E-state index is -4.52. The van der Waals surface area contributed by atoms with E-state index in [-0.39, 0.29) is 17.7 Å². The number of primary amides is 1. The Bertz CT molecular complexity index is 484. The maximum absolute atomic E-state index is 12.6. The fourth-order valence-electron chi connectivity index (χ4n) is 1.55. The fraction of sp³-hybridized carbons (Fsp3) is 0.500. The molecule has 0 aliphatic rings. The Hall–Kier alpha value is -1.63. The van der Waals surface area contributed by atoms with Crippen molar-refractivity contribution in [1.29, 1.82) is 0 Å². The van der Waals surface area contributed by atoms with Crippen LogP contribution in [0.25, 0.3) is 0 Å². The molecule has 0 aliphatic carbocycles. The molecule has 0 radical (unpaired) electrons. The van der Waals surface area contributed by atoms with Gasteiger partial charge in [0.05, 0.1) is 17.9 Å². The third kappa shape index (κ3) is 3.66. The zero-order valence-electron chi connectivity index (χ0n) is 10.6. The average molecular weight is 276 g/mol. The summed E-state index contributed by atoms with van der Waals surface area (Å²) in [7, 11) is 0. The first kappa shape index (κ1) is 15.4. The summed E-state index contributed by atoms with van der Waals surface area (Å²) in [5.41, 5.74) is 3.54. The molecule has 3 N–H and O–H groups in total. The van der Waals surface area contributed by atoms with E-state index >= 15 is 0 Å². The zero-order valence-corrected chi connectivity index (χ0v) is 10.6. The standard InChI is InChI=1S/C12H15F3N2O2/c1-11(2,10(16)19)4-7-3-8(12(13,14)15)5-17-9(7)6-18/h3,5,18H,4,6H2,1-2H3,(H2,16,19). The van der Waals surface area contributed by atoms with Gasteiger partial charge >= 0.3 is 6.18 Å². The van der Waals surface area contributed by atoms with Crippen molar-refractivity contribution in [2.45, 2.75) is 33.1 Å². The van der Waals surface area contributed by atoms with Crippen LogP contribution in [0.4, 0.5) is 13.2 Å². The van der Waals surface area contributed by atoms with E-state index in [1.807, 2.05) is 0 Å². The number of nitrogens with two attached hydrogens (primary N) is 1. The predicted molar refractivity (Wildman–Crippen MR) is 61.8 cm³/mol. The minimum absolute atomic E-state index is 0.0187. The quantitative estimate of drug-likeness (QED) is 0.877. The Morgan fingerprint density at radius 1 is 1.42 bits per heavy atom. The number of alkyl halides is 3. The number of pyridine rings is 1. The van der Waals surface area contributed by atoms with Crippen molar-refractivity contribution in [1.82, 2.24) is 4.98 Å². The fourth-order valence-corrected chi connectivity index (χ4v) is 1.55. The molecule has 1 amide bonds. The molecular weight excluding hydrogens is 261 g/mol. The van der Waals surface area contributed by atoms with Crippen LogP contribution in [0.15, 0.2) is 12.3 Å². The number of carbonyl (C=O) groups excluding carboxylic acids is 1. The number of hydrogen-bond donors (Lipinski definition) is 2. The number of rotatable bonds is 4. The maximum Gasteiger partial charge on any atom is 0.417 e. The van der Waals surface area contributed by atoms with E-state index in [0.29, 0.717) is 6.20 Å². The molecule has 1 aromatic heterocycles. The van der Waals surface area contributed by atoms with Gasteiger partial charge in [-0.25, -0.2) is 0 Å². The van der Waals surface area contributed by atoms with Crippen molar-refractivity contribution >= 4 is 5.91 Å². The lowest BCUT2D eigenvalue weighted by atomic mass is 9.84. The normalized spacial score (nSPS) is 12.5. The third-order valence-corrected chi connectivity index (χ3v) is 2.84. The molecule has 4 nitrogen and oxygen atoms in total. The van der Waals surface area contributed by atoms with E-state index < -0.39 is 29.7 Å². The number of carbonyl (C=O) groups is 1. The molecule has 1 rings (SSSR count). The number of amides is 1. The van der Waals surface area contributed by atoms with Crippen LogP contribution in [-0.2, 0) is 24.0 Å². The van der Waals surface area contributed by atoms with Crippen LogP contribution >= 0.6 is 0 Å². The lowest BCUT2D eigenvalue weighted by Crippen LogP contribution is -2.33. The molecule has 19 heavy (non-hydrogen) atoms. The highest BCUT2D eigenvalue weighted by molar-refractivity contribution is 5.80. The number of nitrogens with zero attached hydrogens (tertiary/aromatic N) is 1. The van der Waals surface area contributed by atoms with Crippen LogP contribution < -0.4 is 5.73 Å². The van der Waals surface area contributed by atoms with Gasteiger partial charge in [0.15, 0.2) is 0 Å². The van der Waals surface area contributed by atoms with Crippen LogP contribution in [0.3, 0.4) is 0 Å². The summed E-state index contributed by atoms with van der Waals surface area (Å²) >= 11 is 0. The molecule has 0 fully saturated rings. The zero-order chi connectivity index (χ0) is 14.8. The topological polar surface area (TPSA) is 76.2 Å². The van der Waals surface area contributed by atoms with Crippen molar-refractivity contribution in [3.05, 3.63) is 29.1 Å². The first-order valence-corrected chi connectivity index (χ1v) is 5.53. The molecule has 0 unspecified atom stereocenters. The summed E-state index contributed by atoms with van der Waals surface area (Å²) in [5.74, 6) is -0.631. The van der Waals surface area contributed by atoms with Crippen molar-refractivity contribution in [3.63, 3.8) is 0 Å². The van der Waals surface area contributed by atoms with Gasteiger partial charge in [-0.3, -0.25) is 9.78 Å². The number of aromatic nitrogens is 1. The highest BCUT2D eigenvalue weighted by Gasteiger charge is 2.33. The summed E-state index contributed by atoms with van der Waals surface area (Å²) in [6.07, 6.45) is -3.88. The molecule has 1 heterocycles. The highest BCUT2D eigenvalue weighted by Crippen LogP contribution is 2.31. The van der Waals surface area contributed by atoms with E-state index in [0.717, 1.165) is 6.07 Å². The average Bonchev–Trinajstić information content (AvgIpc) is 2.27. The van der Waals surface area contributed by atoms with Crippen LogP contribution in [-0.4, -0.2) is 16.0 Å². The van der Waals surface area contributed by atoms with Gasteiger partial charge in [-0.05, 0) is 18.1 Å². The smallest absolute Gasteiger partial charge is 0.390 e. The van der Waals surface area contributed by atoms with E-state index in [1.54, 1.807) is 0 Å². The second kappa shape index (κ2) is 5.16. The summed E-state index contributed by atoms with van der Waals surface area (Å²) in [5, 5.41) is 9.09. The van der Waals surface area contributed by atoms with Crippen molar-refractivity contribution in [3.8, 4) is 0 Å². The van der Waals surface area contributed by atoms with Gasteiger partial charge in [-0.2, -0.15) is 13.2 Å². The Morgan fingerprint density at radius 3 is 2.42 bits per heavy atom. The number of aliphatic hydroxyl groups excluding tert-OH is 1. The molecule has 0 aromatic carbocycles. The highest BCUT2D eigenvalue weighted by atomic mass is 19.4. The van der Waals surface area contributed by atoms with E-state index in [2.05, 4.69) is 4.98 Å². The molecule has 1 aromatic rings. The van der Waals surface area contributed by atoms with E-state index in [4.69, 9.17) is 10.8 Å². The predicted octanol–water partition coefficient (Wildman–Crippen LogP) is 1.65. The lowest BCUT2D eigenvalue weighted by molar-refractivity contribution is -0.137. The van der Waals surface area contributed by atoms with Crippen LogP contribution in [0.1, 0.15) is 30.7 Å². The second-order valence-corrected chi connectivity index (χ2v) is 4.91. The number of halogens is 3. The minimum Gasteiger partial charge on any atom is -0.390 e. The van der Waals surface area contributed by atoms with E-state index in [9.17, 15) is 18.0 Å². The third-order valence-electron chi connectivity index (χ3n) is 2.84. The monoisotopic (exact) mass is 276 g/mol. The molecule has 0 saturated heterocycles. The molecule has 0 bridgehead atoms. The Balaban J connectivity index is 3.21. The van der Waals surface area contributed by atoms with Gasteiger partial charge in [0.1, 0.15) is 0 Å². The summed E-state index contributed by atoms with van der Waals surface area (Å²) in [4.78, 5) is 14.8. The molecule has 0 saturated carbocycles. The van der Waals surface area contributed by atoms with Crippen molar-refractivity contribution in [2.24, 2.45) is 11.1 Å². The molecule has 0 spiro atoms. The van der Waals surface area contributed by atoms with Crippen molar-refractivity contribution in [2.75, 3.05) is 0 Å². The lowest BCUT2D eigenvalue weighted by Gasteiger charge is -2.22. The van der Waals surface area contributed by atoms with Gasteiger partial charge in [-0.15, -0.1) is 0 Å². The molecular formula is C12H15F3N2O2. The summed E-state index contributed by atoms with van der Waals surface area (Å²) in [6.45, 7) is 2.55. The Kier molecular flexibility index (Phi) is 4.19. The van der Waals surface area contributed by atoms with Gasteiger partial charge in [0.25, 0.3) is 0 Å². The summed E-state index contributed by atoms with van der Waals surface area (Å²) in [6, 6.07) is 0.892. The van der Waals surface area contributed by atoms with Gasteiger partial charge in [-0.1, -0.05) is 13.8 Å². The first-order valence-electron chi connectivity index (χ1n) is 5.53. The van der Waals surface area contributed by atoms with Gasteiger partial charge < -0.3 is 10.8 Å².